The molecule has 2 aromatic carbocycles. The van der Waals surface area contributed by atoms with Gasteiger partial charge >= 0.3 is 0 Å². The number of hydrogen-bond donors (Lipinski definition) is 0. The van der Waals surface area contributed by atoms with Crippen LogP contribution in [0.15, 0.2) is 42.5 Å². The number of anilines is 1. The number of amides is 1. The van der Waals surface area contributed by atoms with Crippen molar-refractivity contribution >= 4 is 23.4 Å². The van der Waals surface area contributed by atoms with E-state index < -0.39 is 0 Å². The number of ether oxygens (including phenoxy) is 2. The molecule has 5 nitrogen and oxygen atoms in total. The molecule has 0 aromatic heterocycles. The molecule has 28 heavy (non-hydrogen) atoms. The van der Waals surface area contributed by atoms with Crippen molar-refractivity contribution in [2.45, 2.75) is 5.75 Å². The number of benzene rings is 2. The van der Waals surface area contributed by atoms with Gasteiger partial charge in [-0.2, -0.15) is 0 Å². The number of carbonyl (C=O) groups excluding carboxylic acids is 1. The lowest BCUT2D eigenvalue weighted by Crippen LogP contribution is -2.49. The number of carbonyl (C=O) groups is 1. The van der Waals surface area contributed by atoms with Crippen LogP contribution in [0.25, 0.3) is 0 Å². The second-order valence-electron chi connectivity index (χ2n) is 6.51. The van der Waals surface area contributed by atoms with Gasteiger partial charge in [-0.25, -0.2) is 4.39 Å². The van der Waals surface area contributed by atoms with E-state index in [2.05, 4.69) is 4.90 Å². The third-order valence-electron chi connectivity index (χ3n) is 4.80. The Bertz CT molecular complexity index is 793. The van der Waals surface area contributed by atoms with Gasteiger partial charge in [0.2, 0.25) is 5.91 Å². The Kier molecular flexibility index (Phi) is 7.03. The largest absolute Gasteiger partial charge is 0.497 e. The summed E-state index contributed by atoms with van der Waals surface area (Å²) >= 11 is 1.48. The van der Waals surface area contributed by atoms with Gasteiger partial charge in [-0.3, -0.25) is 4.79 Å². The summed E-state index contributed by atoms with van der Waals surface area (Å²) in [5.41, 5.74) is 1.91. The minimum atomic E-state index is -0.294. The quantitative estimate of drug-likeness (QED) is 0.707. The molecule has 0 radical (unpaired) electrons. The molecule has 150 valence electrons. The zero-order valence-corrected chi connectivity index (χ0v) is 17.0. The number of hydrogen-bond acceptors (Lipinski definition) is 5. The predicted octanol–water partition coefficient (Wildman–Crippen LogP) is 3.42. The molecule has 0 unspecified atom stereocenters. The maximum Gasteiger partial charge on any atom is 0.232 e. The second kappa shape index (κ2) is 9.68. The molecule has 0 N–H and O–H groups in total. The van der Waals surface area contributed by atoms with Crippen LogP contribution >= 0.6 is 11.8 Å². The van der Waals surface area contributed by atoms with Crippen molar-refractivity contribution in [3.05, 3.63) is 53.8 Å². The summed E-state index contributed by atoms with van der Waals surface area (Å²) in [6, 6.07) is 12.4. The van der Waals surface area contributed by atoms with Gasteiger partial charge in [0.15, 0.2) is 0 Å². The molecule has 3 rings (SSSR count). The summed E-state index contributed by atoms with van der Waals surface area (Å²) < 4.78 is 23.9. The van der Waals surface area contributed by atoms with Crippen LogP contribution in [0, 0.1) is 5.82 Å². The average molecular weight is 405 g/mol. The summed E-state index contributed by atoms with van der Waals surface area (Å²) in [5, 5.41) is 0. The van der Waals surface area contributed by atoms with Crippen molar-refractivity contribution in [1.29, 1.82) is 0 Å². The maximum absolute atomic E-state index is 13.4. The Balaban J connectivity index is 1.45. The Labute approximate surface area is 169 Å². The van der Waals surface area contributed by atoms with E-state index in [0.717, 1.165) is 30.1 Å². The number of halogens is 1. The molecule has 2 aromatic rings. The van der Waals surface area contributed by atoms with Crippen LogP contribution in [0.1, 0.15) is 5.56 Å². The summed E-state index contributed by atoms with van der Waals surface area (Å²) in [5.74, 6) is 2.23. The molecule has 0 bridgehead atoms. The highest BCUT2D eigenvalue weighted by Crippen LogP contribution is 2.25. The van der Waals surface area contributed by atoms with Crippen molar-refractivity contribution in [3.63, 3.8) is 0 Å². The molecule has 1 amide bonds. The van der Waals surface area contributed by atoms with Gasteiger partial charge in [0.25, 0.3) is 0 Å². The lowest BCUT2D eigenvalue weighted by molar-refractivity contribution is -0.128. The molecule has 0 spiro atoms. The molecular formula is C21H25FN2O3S. The number of nitrogens with zero attached hydrogens (tertiary/aromatic N) is 2. The molecule has 0 saturated carbocycles. The third kappa shape index (κ3) is 5.10. The monoisotopic (exact) mass is 404 g/mol. The summed E-state index contributed by atoms with van der Waals surface area (Å²) in [6.45, 7) is 3.02. The molecular weight excluding hydrogens is 379 g/mol. The summed E-state index contributed by atoms with van der Waals surface area (Å²) in [4.78, 5) is 16.7. The maximum atomic E-state index is 13.4. The van der Waals surface area contributed by atoms with Crippen LogP contribution < -0.4 is 14.4 Å². The lowest BCUT2D eigenvalue weighted by atomic mass is 10.2. The Morgan fingerprint density at radius 2 is 1.75 bits per heavy atom. The van der Waals surface area contributed by atoms with Crippen LogP contribution in [0.4, 0.5) is 10.1 Å². The van der Waals surface area contributed by atoms with E-state index in [-0.39, 0.29) is 11.7 Å². The number of piperazine rings is 1. The molecule has 1 fully saturated rings. The SMILES string of the molecule is COc1ccc(N2CCN(C(=O)CSCc3cc(F)ccc3OC)CC2)cc1. The summed E-state index contributed by atoms with van der Waals surface area (Å²) in [6.07, 6.45) is 0. The standard InChI is InChI=1S/C21H25FN2O3S/c1-26-19-6-4-18(5-7-19)23-9-11-24(12-10-23)21(25)15-28-14-16-13-17(22)3-8-20(16)27-2/h3-8,13H,9-12,14-15H2,1-2H3. The van der Waals surface area contributed by atoms with E-state index in [0.29, 0.717) is 30.3 Å². The van der Waals surface area contributed by atoms with Crippen LogP contribution in [-0.4, -0.2) is 57.0 Å². The van der Waals surface area contributed by atoms with E-state index in [1.165, 1.54) is 23.9 Å². The van der Waals surface area contributed by atoms with Crippen LogP contribution in [0.5, 0.6) is 11.5 Å². The van der Waals surface area contributed by atoms with Crippen molar-refractivity contribution < 1.29 is 18.7 Å². The highest BCUT2D eigenvalue weighted by Gasteiger charge is 2.21. The predicted molar refractivity (Wildman–Crippen MR) is 111 cm³/mol. The number of methoxy groups -OCH3 is 2. The molecule has 0 atom stereocenters. The normalized spacial score (nSPS) is 14.1. The van der Waals surface area contributed by atoms with Gasteiger partial charge in [-0.15, -0.1) is 11.8 Å². The first kappa shape index (κ1) is 20.3. The van der Waals surface area contributed by atoms with Gasteiger partial charge in [0.05, 0.1) is 20.0 Å². The van der Waals surface area contributed by atoms with Gasteiger partial charge in [-0.05, 0) is 42.5 Å². The lowest BCUT2D eigenvalue weighted by Gasteiger charge is -2.36. The van der Waals surface area contributed by atoms with Crippen LogP contribution in [0.2, 0.25) is 0 Å². The smallest absolute Gasteiger partial charge is 0.232 e. The number of thioether (sulfide) groups is 1. The number of rotatable bonds is 7. The molecule has 1 aliphatic rings. The van der Waals surface area contributed by atoms with E-state index in [1.54, 1.807) is 20.3 Å². The van der Waals surface area contributed by atoms with Gasteiger partial charge in [0.1, 0.15) is 17.3 Å². The Hall–Kier alpha value is -2.41. The van der Waals surface area contributed by atoms with Crippen molar-refractivity contribution in [2.75, 3.05) is 51.1 Å². The zero-order chi connectivity index (χ0) is 19.9. The molecule has 7 heteroatoms. The first-order valence-corrected chi connectivity index (χ1v) is 10.3. The highest BCUT2D eigenvalue weighted by molar-refractivity contribution is 7.99. The molecule has 0 aliphatic carbocycles. The van der Waals surface area contributed by atoms with Gasteiger partial charge in [0, 0.05) is 43.2 Å². The van der Waals surface area contributed by atoms with Gasteiger partial charge < -0.3 is 19.3 Å². The van der Waals surface area contributed by atoms with E-state index in [9.17, 15) is 9.18 Å². The summed E-state index contributed by atoms with van der Waals surface area (Å²) in [7, 11) is 3.22. The topological polar surface area (TPSA) is 42.0 Å². The van der Waals surface area contributed by atoms with Crippen molar-refractivity contribution in [3.8, 4) is 11.5 Å². The zero-order valence-electron chi connectivity index (χ0n) is 16.2. The fourth-order valence-electron chi connectivity index (χ4n) is 3.21. The minimum absolute atomic E-state index is 0.120. The van der Waals surface area contributed by atoms with Gasteiger partial charge in [-0.1, -0.05) is 0 Å². The average Bonchev–Trinajstić information content (AvgIpc) is 2.74. The molecule has 1 aliphatic heterocycles. The molecule has 1 heterocycles. The van der Waals surface area contributed by atoms with E-state index in [1.807, 2.05) is 29.2 Å². The second-order valence-corrected chi connectivity index (χ2v) is 7.50. The first-order valence-electron chi connectivity index (χ1n) is 9.17. The minimum Gasteiger partial charge on any atom is -0.497 e. The Morgan fingerprint density at radius 3 is 2.39 bits per heavy atom. The fourth-order valence-corrected chi connectivity index (χ4v) is 4.11. The molecule has 1 saturated heterocycles. The third-order valence-corrected chi connectivity index (χ3v) is 5.76. The van der Waals surface area contributed by atoms with E-state index >= 15 is 0 Å². The van der Waals surface area contributed by atoms with Crippen LogP contribution in [0.3, 0.4) is 0 Å². The Morgan fingerprint density at radius 1 is 1.04 bits per heavy atom. The van der Waals surface area contributed by atoms with Crippen molar-refractivity contribution in [1.82, 2.24) is 4.90 Å². The first-order chi connectivity index (χ1) is 13.6. The van der Waals surface area contributed by atoms with Crippen LogP contribution in [-0.2, 0) is 10.5 Å². The van der Waals surface area contributed by atoms with Crippen molar-refractivity contribution in [2.24, 2.45) is 0 Å². The van der Waals surface area contributed by atoms with E-state index in [4.69, 9.17) is 9.47 Å². The highest BCUT2D eigenvalue weighted by atomic mass is 32.2. The fraction of sp³-hybridized carbons (Fsp3) is 0.381.